The standard InChI is InChI=1S/C12H11N3O3/c16-11(9-2-1-5-13-9)15-7-8-3-4-10(12(17)18)14-6-8/h1-6,13H,7H2,(H,15,16)(H,17,18). The van der Waals surface area contributed by atoms with Crippen molar-refractivity contribution in [2.45, 2.75) is 6.54 Å². The van der Waals surface area contributed by atoms with Crippen LogP contribution in [0.25, 0.3) is 0 Å². The molecule has 3 N–H and O–H groups in total. The molecule has 0 aliphatic carbocycles. The number of carboxylic acid groups (broad SMARTS) is 1. The fraction of sp³-hybridized carbons (Fsp3) is 0.0833. The van der Waals surface area contributed by atoms with Gasteiger partial charge in [0.25, 0.3) is 5.91 Å². The fourth-order valence-corrected chi connectivity index (χ4v) is 1.40. The number of nitrogens with one attached hydrogen (secondary N) is 2. The Bertz CT molecular complexity index is 546. The number of aromatic carboxylic acids is 1. The van der Waals surface area contributed by atoms with Gasteiger partial charge in [-0.3, -0.25) is 4.79 Å². The lowest BCUT2D eigenvalue weighted by Gasteiger charge is -2.03. The van der Waals surface area contributed by atoms with Crippen molar-refractivity contribution in [1.82, 2.24) is 15.3 Å². The molecular formula is C12H11N3O3. The molecule has 18 heavy (non-hydrogen) atoms. The number of carbonyl (C=O) groups excluding carboxylic acids is 1. The predicted molar refractivity (Wildman–Crippen MR) is 63.2 cm³/mol. The maximum atomic E-state index is 11.6. The minimum absolute atomic E-state index is 0.0190. The lowest BCUT2D eigenvalue weighted by atomic mass is 10.2. The molecule has 0 fully saturated rings. The van der Waals surface area contributed by atoms with E-state index in [1.807, 2.05) is 0 Å². The normalized spacial score (nSPS) is 10.0. The molecule has 2 aromatic heterocycles. The van der Waals surface area contributed by atoms with Crippen LogP contribution in [-0.2, 0) is 6.54 Å². The lowest BCUT2D eigenvalue weighted by molar-refractivity contribution is 0.0690. The molecule has 2 aromatic rings. The maximum Gasteiger partial charge on any atom is 0.354 e. The molecular weight excluding hydrogens is 234 g/mol. The zero-order chi connectivity index (χ0) is 13.0. The van der Waals surface area contributed by atoms with Gasteiger partial charge in [0.15, 0.2) is 0 Å². The summed E-state index contributed by atoms with van der Waals surface area (Å²) in [6, 6.07) is 6.42. The van der Waals surface area contributed by atoms with Gasteiger partial charge >= 0.3 is 5.97 Å². The number of carbonyl (C=O) groups is 2. The van der Waals surface area contributed by atoms with Crippen LogP contribution in [0.1, 0.15) is 26.5 Å². The second-order valence-electron chi connectivity index (χ2n) is 3.62. The van der Waals surface area contributed by atoms with Gasteiger partial charge in [-0.05, 0) is 23.8 Å². The molecule has 0 saturated carbocycles. The van der Waals surface area contributed by atoms with Crippen molar-refractivity contribution in [3.63, 3.8) is 0 Å². The number of carboxylic acids is 1. The summed E-state index contributed by atoms with van der Waals surface area (Å²) in [5, 5.41) is 11.4. The van der Waals surface area contributed by atoms with E-state index in [4.69, 9.17) is 5.11 Å². The number of hydrogen-bond acceptors (Lipinski definition) is 3. The van der Waals surface area contributed by atoms with E-state index in [0.29, 0.717) is 12.2 Å². The molecule has 2 heterocycles. The Balaban J connectivity index is 1.94. The van der Waals surface area contributed by atoms with E-state index in [2.05, 4.69) is 15.3 Å². The van der Waals surface area contributed by atoms with Crippen molar-refractivity contribution in [3.05, 3.63) is 53.6 Å². The van der Waals surface area contributed by atoms with Gasteiger partial charge in [-0.25, -0.2) is 9.78 Å². The van der Waals surface area contributed by atoms with E-state index in [1.165, 1.54) is 12.3 Å². The first kappa shape index (κ1) is 11.8. The molecule has 0 aromatic carbocycles. The second kappa shape index (κ2) is 5.13. The highest BCUT2D eigenvalue weighted by Gasteiger charge is 2.06. The Morgan fingerprint density at radius 1 is 1.33 bits per heavy atom. The Kier molecular flexibility index (Phi) is 3.38. The van der Waals surface area contributed by atoms with Crippen LogP contribution >= 0.6 is 0 Å². The van der Waals surface area contributed by atoms with E-state index < -0.39 is 5.97 Å². The van der Waals surface area contributed by atoms with Crippen molar-refractivity contribution < 1.29 is 14.7 Å². The number of aromatic nitrogens is 2. The molecule has 6 heteroatoms. The monoisotopic (exact) mass is 245 g/mol. The highest BCUT2D eigenvalue weighted by Crippen LogP contribution is 2.01. The summed E-state index contributed by atoms with van der Waals surface area (Å²) in [4.78, 5) is 28.7. The van der Waals surface area contributed by atoms with Gasteiger partial charge in [0.1, 0.15) is 11.4 Å². The van der Waals surface area contributed by atoms with E-state index in [-0.39, 0.29) is 11.6 Å². The Morgan fingerprint density at radius 3 is 2.72 bits per heavy atom. The lowest BCUT2D eigenvalue weighted by Crippen LogP contribution is -2.23. The Hall–Kier alpha value is -2.63. The average Bonchev–Trinajstić information content (AvgIpc) is 2.90. The van der Waals surface area contributed by atoms with Crippen molar-refractivity contribution in [2.24, 2.45) is 0 Å². The van der Waals surface area contributed by atoms with Gasteiger partial charge in [0, 0.05) is 18.9 Å². The zero-order valence-corrected chi connectivity index (χ0v) is 9.38. The van der Waals surface area contributed by atoms with Gasteiger partial charge in [-0.1, -0.05) is 6.07 Å². The predicted octanol–water partition coefficient (Wildman–Crippen LogP) is 1.04. The van der Waals surface area contributed by atoms with E-state index in [1.54, 1.807) is 24.4 Å². The van der Waals surface area contributed by atoms with Gasteiger partial charge in [-0.15, -0.1) is 0 Å². The van der Waals surface area contributed by atoms with Gasteiger partial charge in [0.05, 0.1) is 0 Å². The summed E-state index contributed by atoms with van der Waals surface area (Å²) >= 11 is 0. The Morgan fingerprint density at radius 2 is 2.17 bits per heavy atom. The molecule has 0 spiro atoms. The van der Waals surface area contributed by atoms with Crippen molar-refractivity contribution in [1.29, 1.82) is 0 Å². The first-order chi connectivity index (χ1) is 8.66. The second-order valence-corrected chi connectivity index (χ2v) is 3.62. The van der Waals surface area contributed by atoms with Gasteiger partial charge in [0.2, 0.25) is 0 Å². The number of nitrogens with zero attached hydrogens (tertiary/aromatic N) is 1. The van der Waals surface area contributed by atoms with Crippen molar-refractivity contribution >= 4 is 11.9 Å². The molecule has 2 rings (SSSR count). The maximum absolute atomic E-state index is 11.6. The van der Waals surface area contributed by atoms with Crippen LogP contribution in [0.15, 0.2) is 36.7 Å². The van der Waals surface area contributed by atoms with Crippen molar-refractivity contribution in [3.8, 4) is 0 Å². The molecule has 6 nitrogen and oxygen atoms in total. The summed E-state index contributed by atoms with van der Waals surface area (Å²) in [5.74, 6) is -1.29. The number of amides is 1. The highest BCUT2D eigenvalue weighted by molar-refractivity contribution is 5.92. The summed E-state index contributed by atoms with van der Waals surface area (Å²) in [7, 11) is 0. The number of hydrogen-bond donors (Lipinski definition) is 3. The number of rotatable bonds is 4. The topological polar surface area (TPSA) is 95.1 Å². The Labute approximate surface area is 103 Å². The largest absolute Gasteiger partial charge is 0.477 e. The summed E-state index contributed by atoms with van der Waals surface area (Å²) in [6.07, 6.45) is 3.09. The first-order valence-corrected chi connectivity index (χ1v) is 5.26. The van der Waals surface area contributed by atoms with Crippen molar-refractivity contribution in [2.75, 3.05) is 0 Å². The van der Waals surface area contributed by atoms with Crippen LogP contribution in [0.4, 0.5) is 0 Å². The number of H-pyrrole nitrogens is 1. The fourth-order valence-electron chi connectivity index (χ4n) is 1.40. The molecule has 0 unspecified atom stereocenters. The molecule has 0 saturated heterocycles. The van der Waals surface area contributed by atoms with Crippen LogP contribution in [-0.4, -0.2) is 27.0 Å². The third-order valence-electron chi connectivity index (χ3n) is 2.34. The summed E-state index contributed by atoms with van der Waals surface area (Å²) in [6.45, 7) is 0.296. The zero-order valence-electron chi connectivity index (χ0n) is 9.38. The minimum atomic E-state index is -1.07. The van der Waals surface area contributed by atoms with Crippen LogP contribution in [0, 0.1) is 0 Å². The quantitative estimate of drug-likeness (QED) is 0.749. The third-order valence-corrected chi connectivity index (χ3v) is 2.34. The number of pyridine rings is 1. The molecule has 0 aliphatic rings. The molecule has 92 valence electrons. The molecule has 0 radical (unpaired) electrons. The molecule has 1 amide bonds. The third kappa shape index (κ3) is 2.73. The highest BCUT2D eigenvalue weighted by atomic mass is 16.4. The summed E-state index contributed by atoms with van der Waals surface area (Å²) < 4.78 is 0. The average molecular weight is 245 g/mol. The van der Waals surface area contributed by atoms with Crippen LogP contribution in [0.2, 0.25) is 0 Å². The SMILES string of the molecule is O=C(O)c1ccc(CNC(=O)c2ccc[nH]2)cn1. The van der Waals surface area contributed by atoms with Gasteiger partial charge in [-0.2, -0.15) is 0 Å². The molecule has 0 atom stereocenters. The van der Waals surface area contributed by atoms with Crippen LogP contribution < -0.4 is 5.32 Å². The van der Waals surface area contributed by atoms with Crippen LogP contribution in [0.3, 0.4) is 0 Å². The first-order valence-electron chi connectivity index (χ1n) is 5.26. The smallest absolute Gasteiger partial charge is 0.354 e. The van der Waals surface area contributed by atoms with E-state index in [0.717, 1.165) is 5.56 Å². The number of aromatic amines is 1. The minimum Gasteiger partial charge on any atom is -0.477 e. The summed E-state index contributed by atoms with van der Waals surface area (Å²) in [5.41, 5.74) is 1.19. The van der Waals surface area contributed by atoms with Crippen LogP contribution in [0.5, 0.6) is 0 Å². The molecule has 0 bridgehead atoms. The van der Waals surface area contributed by atoms with Gasteiger partial charge < -0.3 is 15.4 Å². The van der Waals surface area contributed by atoms with E-state index in [9.17, 15) is 9.59 Å². The van der Waals surface area contributed by atoms with E-state index >= 15 is 0 Å². The molecule has 0 aliphatic heterocycles.